The fourth-order valence-electron chi connectivity index (χ4n) is 1.92. The van der Waals surface area contributed by atoms with Crippen LogP contribution in [0.15, 0.2) is 60.2 Å². The molecule has 0 aliphatic rings. The molecule has 1 amide bonds. The molecule has 2 N–H and O–H groups in total. The van der Waals surface area contributed by atoms with Gasteiger partial charge in [0, 0.05) is 9.13 Å². The quantitative estimate of drug-likeness (QED) is 0.303. The summed E-state index contributed by atoms with van der Waals surface area (Å²) < 4.78 is 6.44. The van der Waals surface area contributed by atoms with Gasteiger partial charge in [0.15, 0.2) is 6.61 Å². The smallest absolute Gasteiger partial charge is 0.277 e. The van der Waals surface area contributed by atoms with Crippen LogP contribution in [0.25, 0.3) is 0 Å². The van der Waals surface area contributed by atoms with Crippen LogP contribution in [0.1, 0.15) is 11.1 Å². The molecule has 0 fully saturated rings. The number of nitrogens with one attached hydrogen (secondary N) is 1. The number of hydrazone groups is 1. The van der Waals surface area contributed by atoms with Gasteiger partial charge in [-0.05, 0) is 64.9 Å². The number of rotatable bonds is 7. The molecule has 124 valence electrons. The van der Waals surface area contributed by atoms with Crippen molar-refractivity contribution in [1.29, 1.82) is 0 Å². The summed E-state index contributed by atoms with van der Waals surface area (Å²) in [5.41, 5.74) is 3.64. The molecule has 0 spiro atoms. The van der Waals surface area contributed by atoms with E-state index in [1.807, 2.05) is 24.3 Å². The van der Waals surface area contributed by atoms with Gasteiger partial charge >= 0.3 is 0 Å². The van der Waals surface area contributed by atoms with Gasteiger partial charge in [-0.1, -0.05) is 18.2 Å². The fraction of sp³-hybridized carbons (Fsp3) is 0.111. The van der Waals surface area contributed by atoms with Gasteiger partial charge in [0.2, 0.25) is 0 Å². The Kier molecular flexibility index (Phi) is 6.80. The second kappa shape index (κ2) is 9.07. The van der Waals surface area contributed by atoms with Gasteiger partial charge in [-0.2, -0.15) is 5.10 Å². The van der Waals surface area contributed by atoms with E-state index in [2.05, 4.69) is 39.7 Å². The summed E-state index contributed by atoms with van der Waals surface area (Å²) in [6, 6.07) is 12.7. The predicted molar refractivity (Wildman–Crippen MR) is 102 cm³/mol. The highest BCUT2D eigenvalue weighted by Crippen LogP contribution is 2.21. The number of amides is 1. The summed E-state index contributed by atoms with van der Waals surface area (Å²) in [7, 11) is 0. The van der Waals surface area contributed by atoms with Gasteiger partial charge < -0.3 is 9.84 Å². The van der Waals surface area contributed by atoms with E-state index in [4.69, 9.17) is 4.74 Å². The summed E-state index contributed by atoms with van der Waals surface area (Å²) in [4.78, 5) is 11.7. The number of phenolic OH excluding ortho intramolecular Hbond substituents is 1. The molecule has 0 heterocycles. The summed E-state index contributed by atoms with van der Waals surface area (Å²) in [5.74, 6) is 0.362. The van der Waals surface area contributed by atoms with E-state index in [9.17, 15) is 9.90 Å². The summed E-state index contributed by atoms with van der Waals surface area (Å²) in [6.45, 7) is 3.51. The molecular formula is C18H17IN2O3. The molecule has 0 aromatic heterocycles. The van der Waals surface area contributed by atoms with Crippen LogP contribution in [-0.4, -0.2) is 23.8 Å². The third-order valence-corrected chi connectivity index (χ3v) is 3.81. The van der Waals surface area contributed by atoms with Crippen LogP contribution in [0.5, 0.6) is 11.5 Å². The van der Waals surface area contributed by atoms with Gasteiger partial charge in [-0.15, -0.1) is 6.58 Å². The molecule has 0 bridgehead atoms. The van der Waals surface area contributed by atoms with E-state index in [0.29, 0.717) is 17.7 Å². The molecule has 0 radical (unpaired) electrons. The van der Waals surface area contributed by atoms with Crippen molar-refractivity contribution in [3.63, 3.8) is 0 Å². The van der Waals surface area contributed by atoms with Crippen LogP contribution in [0, 0.1) is 3.57 Å². The van der Waals surface area contributed by atoms with Crippen LogP contribution < -0.4 is 10.2 Å². The number of hydrogen-bond donors (Lipinski definition) is 2. The van der Waals surface area contributed by atoms with Crippen molar-refractivity contribution in [2.45, 2.75) is 6.42 Å². The summed E-state index contributed by atoms with van der Waals surface area (Å²) in [6.07, 6.45) is 3.66. The minimum Gasteiger partial charge on any atom is -0.507 e. The Morgan fingerprint density at radius 1 is 1.29 bits per heavy atom. The van der Waals surface area contributed by atoms with Crippen LogP contribution in [0.3, 0.4) is 0 Å². The molecule has 2 rings (SSSR count). The van der Waals surface area contributed by atoms with Crippen molar-refractivity contribution in [2.24, 2.45) is 5.10 Å². The molecule has 2 aromatic rings. The van der Waals surface area contributed by atoms with Crippen molar-refractivity contribution in [3.05, 3.63) is 69.8 Å². The highest BCUT2D eigenvalue weighted by molar-refractivity contribution is 14.1. The van der Waals surface area contributed by atoms with Crippen LogP contribution in [-0.2, 0) is 11.2 Å². The Labute approximate surface area is 154 Å². The third-order valence-electron chi connectivity index (χ3n) is 3.09. The second-order valence-corrected chi connectivity index (χ2v) is 6.13. The summed E-state index contributed by atoms with van der Waals surface area (Å²) in [5, 5.41) is 13.9. The highest BCUT2D eigenvalue weighted by atomic mass is 127. The molecule has 5 nitrogen and oxygen atoms in total. The minimum absolute atomic E-state index is 0.130. The van der Waals surface area contributed by atoms with Crippen molar-refractivity contribution >= 4 is 34.7 Å². The van der Waals surface area contributed by atoms with Crippen molar-refractivity contribution in [3.8, 4) is 11.5 Å². The third kappa shape index (κ3) is 5.38. The Hall–Kier alpha value is -2.35. The maximum atomic E-state index is 11.7. The standard InChI is InChI=1S/C18H17IN2O3/c1-2-4-13-5-3-6-14(18(13)23)11-20-21-17(22)12-24-16-9-7-15(19)8-10-16/h2-3,5-11,23H,1,4,12H2,(H,21,22). The van der Waals surface area contributed by atoms with Crippen molar-refractivity contribution < 1.29 is 14.6 Å². The monoisotopic (exact) mass is 436 g/mol. The van der Waals surface area contributed by atoms with E-state index in [1.54, 1.807) is 24.3 Å². The first kappa shape index (κ1) is 18.0. The van der Waals surface area contributed by atoms with Crippen LogP contribution >= 0.6 is 22.6 Å². The Morgan fingerprint density at radius 3 is 2.75 bits per heavy atom. The number of hydrogen-bond acceptors (Lipinski definition) is 4. The number of aromatic hydroxyl groups is 1. The van der Waals surface area contributed by atoms with Gasteiger partial charge in [0.25, 0.3) is 5.91 Å². The lowest BCUT2D eigenvalue weighted by molar-refractivity contribution is -0.123. The van der Waals surface area contributed by atoms with Crippen molar-refractivity contribution in [2.75, 3.05) is 6.61 Å². The fourth-order valence-corrected chi connectivity index (χ4v) is 2.28. The molecule has 24 heavy (non-hydrogen) atoms. The number of halogens is 1. The average molecular weight is 436 g/mol. The van der Waals surface area contributed by atoms with Crippen molar-refractivity contribution in [1.82, 2.24) is 5.43 Å². The number of carbonyl (C=O) groups excluding carboxylic acids is 1. The first-order valence-electron chi connectivity index (χ1n) is 7.22. The number of nitrogens with zero attached hydrogens (tertiary/aromatic N) is 1. The molecule has 6 heteroatoms. The minimum atomic E-state index is -0.383. The molecular weight excluding hydrogens is 419 g/mol. The number of benzene rings is 2. The largest absolute Gasteiger partial charge is 0.507 e. The van der Waals surface area contributed by atoms with Crippen LogP contribution in [0.2, 0.25) is 0 Å². The zero-order chi connectivity index (χ0) is 17.4. The average Bonchev–Trinajstić information content (AvgIpc) is 2.58. The number of allylic oxidation sites excluding steroid dienone is 1. The van der Waals surface area contributed by atoms with Gasteiger partial charge in [0.1, 0.15) is 11.5 Å². The lowest BCUT2D eigenvalue weighted by Gasteiger charge is -2.06. The van der Waals surface area contributed by atoms with Gasteiger partial charge in [-0.25, -0.2) is 5.43 Å². The van der Waals surface area contributed by atoms with Crippen LogP contribution in [0.4, 0.5) is 0 Å². The molecule has 0 aliphatic heterocycles. The number of carbonyl (C=O) groups is 1. The molecule has 0 saturated heterocycles. The van der Waals surface area contributed by atoms with E-state index >= 15 is 0 Å². The lowest BCUT2D eigenvalue weighted by atomic mass is 10.1. The Balaban J connectivity index is 1.87. The number of ether oxygens (including phenoxy) is 1. The normalized spacial score (nSPS) is 10.5. The SMILES string of the molecule is C=CCc1cccc(C=NNC(=O)COc2ccc(I)cc2)c1O. The zero-order valence-corrected chi connectivity index (χ0v) is 15.1. The summed E-state index contributed by atoms with van der Waals surface area (Å²) >= 11 is 2.19. The zero-order valence-electron chi connectivity index (χ0n) is 12.9. The highest BCUT2D eigenvalue weighted by Gasteiger charge is 2.04. The maximum Gasteiger partial charge on any atom is 0.277 e. The topological polar surface area (TPSA) is 70.9 Å². The number of phenols is 1. The molecule has 0 saturated carbocycles. The Bertz CT molecular complexity index is 742. The van der Waals surface area contributed by atoms with E-state index < -0.39 is 0 Å². The lowest BCUT2D eigenvalue weighted by Crippen LogP contribution is -2.24. The molecule has 2 aromatic carbocycles. The molecule has 0 unspecified atom stereocenters. The predicted octanol–water partition coefficient (Wildman–Crippen LogP) is 3.25. The second-order valence-electron chi connectivity index (χ2n) is 4.88. The molecule has 0 atom stereocenters. The maximum absolute atomic E-state index is 11.7. The van der Waals surface area contributed by atoms with E-state index in [0.717, 1.165) is 9.13 Å². The van der Waals surface area contributed by atoms with E-state index in [-0.39, 0.29) is 18.3 Å². The number of para-hydroxylation sites is 1. The van der Waals surface area contributed by atoms with Gasteiger partial charge in [0.05, 0.1) is 6.21 Å². The first-order valence-corrected chi connectivity index (χ1v) is 8.30. The molecule has 0 aliphatic carbocycles. The first-order chi connectivity index (χ1) is 11.6. The van der Waals surface area contributed by atoms with E-state index in [1.165, 1.54) is 6.21 Å². The Morgan fingerprint density at radius 2 is 2.04 bits per heavy atom. The van der Waals surface area contributed by atoms with Gasteiger partial charge in [-0.3, -0.25) is 4.79 Å².